The van der Waals surface area contributed by atoms with Crippen LogP contribution < -0.4 is 10.1 Å². The minimum Gasteiger partial charge on any atom is -0.484 e. The van der Waals surface area contributed by atoms with Crippen LogP contribution in [0.25, 0.3) is 0 Å². The maximum Gasteiger partial charge on any atom is 0.258 e. The van der Waals surface area contributed by atoms with Gasteiger partial charge in [0.1, 0.15) is 5.75 Å². The first kappa shape index (κ1) is 18.9. The van der Waals surface area contributed by atoms with Crippen molar-refractivity contribution in [1.29, 1.82) is 0 Å². The smallest absolute Gasteiger partial charge is 0.258 e. The molecule has 2 aromatic rings. The molecule has 1 unspecified atom stereocenters. The van der Waals surface area contributed by atoms with E-state index in [1.165, 1.54) is 30.4 Å². The number of nitrogens with one attached hydrogen (secondary N) is 1. The Labute approximate surface area is 160 Å². The van der Waals surface area contributed by atoms with E-state index in [0.717, 1.165) is 25.3 Å². The monoisotopic (exact) mass is 372 g/mol. The summed E-state index contributed by atoms with van der Waals surface area (Å²) in [5.74, 6) is 0.671. The summed E-state index contributed by atoms with van der Waals surface area (Å²) in [6, 6.07) is 10.4. The van der Waals surface area contributed by atoms with Crippen LogP contribution in [0.5, 0.6) is 5.75 Å². The van der Waals surface area contributed by atoms with E-state index in [0.29, 0.717) is 6.54 Å². The van der Waals surface area contributed by atoms with Gasteiger partial charge in [-0.15, -0.1) is 0 Å². The van der Waals surface area contributed by atoms with Crippen molar-refractivity contribution in [2.45, 2.75) is 38.6 Å². The summed E-state index contributed by atoms with van der Waals surface area (Å²) in [5, 5.41) is 7.36. The van der Waals surface area contributed by atoms with Crippen LogP contribution in [0.1, 0.15) is 43.4 Å². The quantitative estimate of drug-likeness (QED) is 0.761. The number of piperidine rings is 1. The molecular weight excluding hydrogens is 344 g/mol. The lowest BCUT2D eigenvalue weighted by molar-refractivity contribution is -0.123. The summed E-state index contributed by atoms with van der Waals surface area (Å²) >= 11 is 1.71. The van der Waals surface area contributed by atoms with Crippen LogP contribution in [-0.2, 0) is 11.2 Å². The van der Waals surface area contributed by atoms with E-state index in [1.807, 2.05) is 24.3 Å². The van der Waals surface area contributed by atoms with Crippen molar-refractivity contribution in [2.24, 2.45) is 0 Å². The van der Waals surface area contributed by atoms with Gasteiger partial charge in [0.05, 0.1) is 6.04 Å². The fourth-order valence-electron chi connectivity index (χ4n) is 3.38. The first-order valence-electron chi connectivity index (χ1n) is 9.51. The second-order valence-corrected chi connectivity index (χ2v) is 7.54. The number of carbonyl (C=O) groups is 1. The minimum absolute atomic E-state index is 0.0574. The van der Waals surface area contributed by atoms with Gasteiger partial charge in [-0.2, -0.15) is 11.3 Å². The highest BCUT2D eigenvalue weighted by Crippen LogP contribution is 2.25. The maximum atomic E-state index is 12.2. The zero-order chi connectivity index (χ0) is 18.2. The third kappa shape index (κ3) is 5.32. The van der Waals surface area contributed by atoms with Crippen molar-refractivity contribution >= 4 is 17.2 Å². The number of amides is 1. The summed E-state index contributed by atoms with van der Waals surface area (Å²) in [6.07, 6.45) is 4.79. The Morgan fingerprint density at radius 1 is 1.19 bits per heavy atom. The summed E-state index contributed by atoms with van der Waals surface area (Å²) in [7, 11) is 0. The van der Waals surface area contributed by atoms with E-state index in [-0.39, 0.29) is 18.6 Å². The number of thiophene rings is 1. The summed E-state index contributed by atoms with van der Waals surface area (Å²) in [5.41, 5.74) is 2.57. The molecule has 1 fully saturated rings. The molecule has 0 saturated carbocycles. The van der Waals surface area contributed by atoms with Gasteiger partial charge < -0.3 is 10.1 Å². The molecule has 4 nitrogen and oxygen atoms in total. The van der Waals surface area contributed by atoms with Crippen LogP contribution in [0, 0.1) is 0 Å². The molecule has 0 spiro atoms. The number of aryl methyl sites for hydroxylation is 1. The Morgan fingerprint density at radius 2 is 1.96 bits per heavy atom. The highest BCUT2D eigenvalue weighted by atomic mass is 32.1. The standard InChI is InChI=1S/C21H28N2O2S/c1-2-17-6-8-19(9-7-17)25-15-21(24)22-14-20(18-10-13-26-16-18)23-11-4-3-5-12-23/h6-10,13,16,20H,2-5,11-12,14-15H2,1H3,(H,22,24). The third-order valence-corrected chi connectivity index (χ3v) is 5.65. The zero-order valence-electron chi connectivity index (χ0n) is 15.4. The third-order valence-electron chi connectivity index (χ3n) is 4.95. The van der Waals surface area contributed by atoms with Crippen LogP contribution >= 0.6 is 11.3 Å². The number of benzene rings is 1. The molecule has 1 aliphatic rings. The van der Waals surface area contributed by atoms with Crippen molar-refractivity contribution in [3.8, 4) is 5.75 Å². The topological polar surface area (TPSA) is 41.6 Å². The molecule has 1 saturated heterocycles. The Balaban J connectivity index is 1.50. The second-order valence-electron chi connectivity index (χ2n) is 6.76. The molecule has 3 rings (SSSR count). The number of ether oxygens (including phenoxy) is 1. The van der Waals surface area contributed by atoms with Gasteiger partial charge in [-0.3, -0.25) is 9.69 Å². The van der Waals surface area contributed by atoms with Gasteiger partial charge >= 0.3 is 0 Å². The molecule has 1 amide bonds. The Bertz CT molecular complexity index is 664. The van der Waals surface area contributed by atoms with Gasteiger partial charge in [-0.1, -0.05) is 25.5 Å². The number of nitrogens with zero attached hydrogens (tertiary/aromatic N) is 1. The van der Waals surface area contributed by atoms with Crippen molar-refractivity contribution in [3.63, 3.8) is 0 Å². The lowest BCUT2D eigenvalue weighted by Crippen LogP contribution is -2.41. The van der Waals surface area contributed by atoms with Gasteiger partial charge in [0.15, 0.2) is 6.61 Å². The van der Waals surface area contributed by atoms with E-state index < -0.39 is 0 Å². The number of rotatable bonds is 8. The van der Waals surface area contributed by atoms with E-state index >= 15 is 0 Å². The largest absolute Gasteiger partial charge is 0.484 e. The first-order valence-corrected chi connectivity index (χ1v) is 10.4. The van der Waals surface area contributed by atoms with E-state index in [4.69, 9.17) is 4.74 Å². The van der Waals surface area contributed by atoms with Gasteiger partial charge in [0.2, 0.25) is 0 Å². The van der Waals surface area contributed by atoms with E-state index in [1.54, 1.807) is 11.3 Å². The van der Waals surface area contributed by atoms with Crippen LogP contribution in [0.15, 0.2) is 41.1 Å². The molecule has 0 bridgehead atoms. The molecule has 1 aromatic carbocycles. The number of hydrogen-bond acceptors (Lipinski definition) is 4. The molecule has 0 radical (unpaired) electrons. The normalized spacial score (nSPS) is 16.2. The number of hydrogen-bond donors (Lipinski definition) is 1. The average molecular weight is 373 g/mol. The predicted molar refractivity (Wildman–Crippen MR) is 107 cm³/mol. The van der Waals surface area contributed by atoms with Crippen LogP contribution in [-0.4, -0.2) is 37.0 Å². The Morgan fingerprint density at radius 3 is 2.62 bits per heavy atom. The van der Waals surface area contributed by atoms with Gasteiger partial charge in [-0.25, -0.2) is 0 Å². The highest BCUT2D eigenvalue weighted by Gasteiger charge is 2.23. The molecule has 140 valence electrons. The molecular formula is C21H28N2O2S. The molecule has 0 aliphatic carbocycles. The molecule has 1 atom stereocenters. The molecule has 2 heterocycles. The molecule has 1 aromatic heterocycles. The van der Waals surface area contributed by atoms with Crippen molar-refractivity contribution < 1.29 is 9.53 Å². The van der Waals surface area contributed by atoms with Gasteiger partial charge in [-0.05, 0) is 72.4 Å². The van der Waals surface area contributed by atoms with Crippen LogP contribution in [0.3, 0.4) is 0 Å². The summed E-state index contributed by atoms with van der Waals surface area (Å²) in [4.78, 5) is 14.7. The SMILES string of the molecule is CCc1ccc(OCC(=O)NCC(c2ccsc2)N2CCCCC2)cc1. The summed E-state index contributed by atoms with van der Waals surface area (Å²) < 4.78 is 5.61. The fourth-order valence-corrected chi connectivity index (χ4v) is 4.09. The minimum atomic E-state index is -0.0678. The second kappa shape index (κ2) is 9.74. The molecule has 1 aliphatic heterocycles. The first-order chi connectivity index (χ1) is 12.8. The summed E-state index contributed by atoms with van der Waals surface area (Å²) in [6.45, 7) is 5.03. The Hall–Kier alpha value is -1.85. The van der Waals surface area contributed by atoms with Crippen LogP contribution in [0.2, 0.25) is 0 Å². The van der Waals surface area contributed by atoms with E-state index in [2.05, 4.69) is 34.0 Å². The van der Waals surface area contributed by atoms with Gasteiger partial charge in [0.25, 0.3) is 5.91 Å². The Kier molecular flexibility index (Phi) is 7.09. The van der Waals surface area contributed by atoms with E-state index in [9.17, 15) is 4.79 Å². The average Bonchev–Trinajstić information content (AvgIpc) is 3.22. The highest BCUT2D eigenvalue weighted by molar-refractivity contribution is 7.07. The lowest BCUT2D eigenvalue weighted by Gasteiger charge is -2.34. The van der Waals surface area contributed by atoms with Crippen molar-refractivity contribution in [1.82, 2.24) is 10.2 Å². The molecule has 5 heteroatoms. The number of likely N-dealkylation sites (tertiary alicyclic amines) is 1. The zero-order valence-corrected chi connectivity index (χ0v) is 16.3. The van der Waals surface area contributed by atoms with Crippen molar-refractivity contribution in [2.75, 3.05) is 26.2 Å². The van der Waals surface area contributed by atoms with Crippen molar-refractivity contribution in [3.05, 3.63) is 52.2 Å². The maximum absolute atomic E-state index is 12.2. The molecule has 1 N–H and O–H groups in total. The van der Waals surface area contributed by atoms with Gasteiger partial charge in [0, 0.05) is 6.54 Å². The number of carbonyl (C=O) groups excluding carboxylic acids is 1. The lowest BCUT2D eigenvalue weighted by atomic mass is 10.0. The van der Waals surface area contributed by atoms with Crippen LogP contribution in [0.4, 0.5) is 0 Å². The predicted octanol–water partition coefficient (Wildman–Crippen LogP) is 4.03. The molecule has 26 heavy (non-hydrogen) atoms. The fraction of sp³-hybridized carbons (Fsp3) is 0.476.